The molecule has 1 fully saturated rings. The molecule has 1 unspecified atom stereocenters. The maximum atomic E-state index is 12.5. The summed E-state index contributed by atoms with van der Waals surface area (Å²) in [4.78, 5) is 21.0. The van der Waals surface area contributed by atoms with Crippen molar-refractivity contribution in [3.8, 4) is 0 Å². The summed E-state index contributed by atoms with van der Waals surface area (Å²) in [7, 11) is -3.05. The van der Waals surface area contributed by atoms with Gasteiger partial charge in [0.15, 0.2) is 9.84 Å². The Labute approximate surface area is 153 Å². The minimum atomic E-state index is -3.05. The number of nitrogens with zero attached hydrogens (tertiary/aromatic N) is 2. The first-order valence-corrected chi connectivity index (χ1v) is 10.3. The summed E-state index contributed by atoms with van der Waals surface area (Å²) in [5.74, 6) is 0.692. The van der Waals surface area contributed by atoms with E-state index in [2.05, 4.69) is 20.6 Å². The fourth-order valence-electron chi connectivity index (χ4n) is 2.94. The topological polar surface area (TPSA) is 101 Å². The van der Waals surface area contributed by atoms with Gasteiger partial charge < -0.3 is 10.6 Å². The van der Waals surface area contributed by atoms with Gasteiger partial charge in [-0.1, -0.05) is 12.1 Å². The van der Waals surface area contributed by atoms with Gasteiger partial charge in [0, 0.05) is 17.8 Å². The van der Waals surface area contributed by atoms with Gasteiger partial charge in [-0.25, -0.2) is 18.4 Å². The van der Waals surface area contributed by atoms with Crippen molar-refractivity contribution in [3.05, 3.63) is 46.9 Å². The van der Waals surface area contributed by atoms with Crippen LogP contribution < -0.4 is 10.6 Å². The Hall–Kier alpha value is -2.48. The number of hydrogen-bond donors (Lipinski definition) is 2. The summed E-state index contributed by atoms with van der Waals surface area (Å²) in [5, 5.41) is 5.98. The molecule has 3 rings (SSSR count). The van der Waals surface area contributed by atoms with Crippen molar-refractivity contribution in [1.82, 2.24) is 15.3 Å². The van der Waals surface area contributed by atoms with Crippen molar-refractivity contribution in [3.63, 3.8) is 0 Å². The van der Waals surface area contributed by atoms with Gasteiger partial charge in [0.2, 0.25) is 0 Å². The van der Waals surface area contributed by atoms with Crippen molar-refractivity contribution in [1.29, 1.82) is 0 Å². The van der Waals surface area contributed by atoms with E-state index < -0.39 is 9.84 Å². The van der Waals surface area contributed by atoms with E-state index in [1.807, 2.05) is 32.0 Å². The lowest BCUT2D eigenvalue weighted by molar-refractivity contribution is 0.0935. The molecule has 1 aromatic carbocycles. The van der Waals surface area contributed by atoms with Crippen LogP contribution in [0.2, 0.25) is 0 Å². The van der Waals surface area contributed by atoms with Gasteiger partial charge in [0.25, 0.3) is 5.91 Å². The number of benzene rings is 1. The molecule has 8 heteroatoms. The molecule has 1 aromatic heterocycles. The summed E-state index contributed by atoms with van der Waals surface area (Å²) in [5.41, 5.74) is 3.39. The van der Waals surface area contributed by atoms with Crippen molar-refractivity contribution in [2.24, 2.45) is 0 Å². The quantitative estimate of drug-likeness (QED) is 0.849. The largest absolute Gasteiger partial charge is 0.347 e. The van der Waals surface area contributed by atoms with Crippen LogP contribution in [0, 0.1) is 20.8 Å². The monoisotopic (exact) mass is 374 g/mol. The summed E-state index contributed by atoms with van der Waals surface area (Å²) in [6.07, 6.45) is 0.436. The van der Waals surface area contributed by atoms with E-state index in [-0.39, 0.29) is 29.1 Å². The number of sulfone groups is 1. The molecule has 0 saturated carbocycles. The summed E-state index contributed by atoms with van der Waals surface area (Å²) < 4.78 is 23.1. The number of aryl methyl sites for hydroxylation is 2. The summed E-state index contributed by atoms with van der Waals surface area (Å²) in [6.45, 7) is 5.76. The fourth-order valence-corrected chi connectivity index (χ4v) is 4.61. The predicted octanol–water partition coefficient (Wildman–Crippen LogP) is 2.06. The van der Waals surface area contributed by atoms with E-state index in [0.717, 1.165) is 16.8 Å². The van der Waals surface area contributed by atoms with Gasteiger partial charge in [-0.05, 0) is 44.4 Å². The van der Waals surface area contributed by atoms with Crippen LogP contribution in [0.4, 0.5) is 11.5 Å². The van der Waals surface area contributed by atoms with E-state index in [4.69, 9.17) is 0 Å². The number of anilines is 2. The van der Waals surface area contributed by atoms with Gasteiger partial charge in [-0.3, -0.25) is 4.79 Å². The zero-order valence-corrected chi connectivity index (χ0v) is 15.9. The normalized spacial score (nSPS) is 18.5. The summed E-state index contributed by atoms with van der Waals surface area (Å²) >= 11 is 0. The molecule has 0 radical (unpaired) electrons. The molecular formula is C18H22N4O3S. The van der Waals surface area contributed by atoms with E-state index >= 15 is 0 Å². The molecule has 1 aliphatic heterocycles. The van der Waals surface area contributed by atoms with Gasteiger partial charge in [0.1, 0.15) is 17.3 Å². The Bertz CT molecular complexity index is 957. The Balaban J connectivity index is 1.79. The van der Waals surface area contributed by atoms with E-state index in [9.17, 15) is 13.2 Å². The Kier molecular flexibility index (Phi) is 4.95. The third-order valence-electron chi connectivity index (χ3n) is 4.51. The van der Waals surface area contributed by atoms with Crippen molar-refractivity contribution >= 4 is 27.2 Å². The third-order valence-corrected chi connectivity index (χ3v) is 6.27. The van der Waals surface area contributed by atoms with Crippen molar-refractivity contribution < 1.29 is 13.2 Å². The number of aromatic nitrogens is 2. The van der Waals surface area contributed by atoms with Gasteiger partial charge >= 0.3 is 0 Å². The maximum Gasteiger partial charge on any atom is 0.270 e. The lowest BCUT2D eigenvalue weighted by Crippen LogP contribution is -2.36. The number of nitrogens with one attached hydrogen (secondary N) is 2. The van der Waals surface area contributed by atoms with Crippen molar-refractivity contribution in [2.45, 2.75) is 33.2 Å². The first-order chi connectivity index (χ1) is 12.2. The molecular weight excluding hydrogens is 352 g/mol. The van der Waals surface area contributed by atoms with Crippen LogP contribution in [0.25, 0.3) is 0 Å². The van der Waals surface area contributed by atoms with Crippen LogP contribution in [-0.2, 0) is 9.84 Å². The lowest BCUT2D eigenvalue weighted by atomic mass is 10.1. The minimum Gasteiger partial charge on any atom is -0.347 e. The van der Waals surface area contributed by atoms with Crippen LogP contribution in [0.5, 0.6) is 0 Å². The lowest BCUT2D eigenvalue weighted by Gasteiger charge is -2.13. The average molecular weight is 374 g/mol. The summed E-state index contributed by atoms with van der Waals surface area (Å²) in [6, 6.07) is 7.14. The van der Waals surface area contributed by atoms with Gasteiger partial charge in [-0.15, -0.1) is 0 Å². The highest BCUT2D eigenvalue weighted by Crippen LogP contribution is 2.22. The maximum absolute atomic E-state index is 12.5. The number of rotatable bonds is 4. The molecule has 26 heavy (non-hydrogen) atoms. The zero-order chi connectivity index (χ0) is 18.9. The first-order valence-electron chi connectivity index (χ1n) is 8.44. The molecule has 1 amide bonds. The number of amides is 1. The molecule has 1 saturated heterocycles. The van der Waals surface area contributed by atoms with E-state index in [1.54, 1.807) is 13.0 Å². The SMILES string of the molecule is Cc1nc(Nc2cccc(C)c2C)cc(C(=O)NC2CCS(=O)(=O)C2)n1. The number of carbonyl (C=O) groups is 1. The molecule has 1 aliphatic rings. The molecule has 1 atom stereocenters. The second-order valence-electron chi connectivity index (χ2n) is 6.63. The molecule has 2 aromatic rings. The Morgan fingerprint density at radius 2 is 1.96 bits per heavy atom. The van der Waals surface area contributed by atoms with Crippen LogP contribution in [0.15, 0.2) is 24.3 Å². The van der Waals surface area contributed by atoms with Gasteiger partial charge in [-0.2, -0.15) is 0 Å². The predicted molar refractivity (Wildman–Crippen MR) is 100 cm³/mol. The minimum absolute atomic E-state index is 0.0175. The fraction of sp³-hybridized carbons (Fsp3) is 0.389. The molecule has 7 nitrogen and oxygen atoms in total. The highest BCUT2D eigenvalue weighted by Gasteiger charge is 2.29. The molecule has 2 heterocycles. The van der Waals surface area contributed by atoms with Crippen LogP contribution in [0.1, 0.15) is 33.9 Å². The molecule has 0 aliphatic carbocycles. The van der Waals surface area contributed by atoms with Crippen LogP contribution in [0.3, 0.4) is 0 Å². The number of carbonyl (C=O) groups excluding carboxylic acids is 1. The number of hydrogen-bond acceptors (Lipinski definition) is 6. The highest BCUT2D eigenvalue weighted by molar-refractivity contribution is 7.91. The highest BCUT2D eigenvalue weighted by atomic mass is 32.2. The first kappa shape index (κ1) is 18.3. The van der Waals surface area contributed by atoms with Crippen LogP contribution >= 0.6 is 0 Å². The van der Waals surface area contributed by atoms with Gasteiger partial charge in [0.05, 0.1) is 11.5 Å². The Morgan fingerprint density at radius 3 is 2.65 bits per heavy atom. The molecule has 0 bridgehead atoms. The van der Waals surface area contributed by atoms with Crippen LogP contribution in [-0.4, -0.2) is 41.8 Å². The molecule has 0 spiro atoms. The smallest absolute Gasteiger partial charge is 0.270 e. The Morgan fingerprint density at radius 1 is 1.19 bits per heavy atom. The van der Waals surface area contributed by atoms with E-state index in [0.29, 0.717) is 18.1 Å². The standard InChI is InChI=1S/C18H22N4O3S/c1-11-5-4-6-15(12(11)2)22-17-9-16(19-13(3)20-17)18(23)21-14-7-8-26(24,25)10-14/h4-6,9,14H,7-8,10H2,1-3H3,(H,21,23)(H,19,20,22). The average Bonchev–Trinajstić information content (AvgIpc) is 2.90. The molecule has 138 valence electrons. The van der Waals surface area contributed by atoms with Crippen molar-refractivity contribution in [2.75, 3.05) is 16.8 Å². The second-order valence-corrected chi connectivity index (χ2v) is 8.86. The zero-order valence-electron chi connectivity index (χ0n) is 15.0. The molecule has 2 N–H and O–H groups in total. The van der Waals surface area contributed by atoms with E-state index in [1.165, 1.54) is 0 Å². The third kappa shape index (κ3) is 4.19. The second kappa shape index (κ2) is 7.03.